The molecule has 6 nitrogen and oxygen atoms in total. The van der Waals surface area contributed by atoms with Crippen LogP contribution in [0.1, 0.15) is 50.6 Å². The van der Waals surface area contributed by atoms with E-state index in [1.165, 1.54) is 50.8 Å². The number of rotatable bonds is 9. The fourth-order valence-electron chi connectivity index (χ4n) is 4.89. The number of nitrogens with zero attached hydrogens (tertiary/aromatic N) is 3. The minimum atomic E-state index is 0. The molecule has 2 saturated heterocycles. The van der Waals surface area contributed by atoms with E-state index < -0.39 is 0 Å². The summed E-state index contributed by atoms with van der Waals surface area (Å²) in [5.74, 6) is 2.61. The van der Waals surface area contributed by atoms with Crippen molar-refractivity contribution in [3.8, 4) is 5.75 Å². The normalized spacial score (nSPS) is 23.4. The van der Waals surface area contributed by atoms with E-state index in [1.807, 2.05) is 6.07 Å². The Kier molecular flexibility index (Phi) is 9.72. The Bertz CT molecular complexity index is 705. The van der Waals surface area contributed by atoms with Crippen molar-refractivity contribution in [2.75, 3.05) is 52.9 Å². The molecule has 0 bridgehead atoms. The van der Waals surface area contributed by atoms with Crippen LogP contribution in [0.25, 0.3) is 0 Å². The molecule has 31 heavy (non-hydrogen) atoms. The van der Waals surface area contributed by atoms with E-state index >= 15 is 0 Å². The molecule has 2 N–H and O–H groups in total. The van der Waals surface area contributed by atoms with E-state index in [9.17, 15) is 0 Å². The smallest absolute Gasteiger partial charge is 0.191 e. The summed E-state index contributed by atoms with van der Waals surface area (Å²) in [5, 5.41) is 7.09. The van der Waals surface area contributed by atoms with Crippen molar-refractivity contribution >= 4 is 29.9 Å². The van der Waals surface area contributed by atoms with Gasteiger partial charge in [-0.05, 0) is 82.3 Å². The monoisotopic (exact) mass is 541 g/mol. The molecule has 4 rings (SSSR count). The Morgan fingerprint density at radius 1 is 1.16 bits per heavy atom. The van der Waals surface area contributed by atoms with Crippen molar-refractivity contribution in [3.05, 3.63) is 29.8 Å². The number of guanidine groups is 1. The zero-order valence-electron chi connectivity index (χ0n) is 19.2. The maximum Gasteiger partial charge on any atom is 0.191 e. The van der Waals surface area contributed by atoms with Gasteiger partial charge in [0.25, 0.3) is 0 Å². The van der Waals surface area contributed by atoms with Crippen LogP contribution in [-0.4, -0.2) is 74.7 Å². The summed E-state index contributed by atoms with van der Waals surface area (Å²) < 4.78 is 5.47. The number of hydrogen-bond donors (Lipinski definition) is 2. The molecule has 2 unspecified atom stereocenters. The predicted molar refractivity (Wildman–Crippen MR) is 139 cm³/mol. The van der Waals surface area contributed by atoms with E-state index in [0.29, 0.717) is 6.04 Å². The average molecular weight is 542 g/mol. The topological polar surface area (TPSA) is 52.1 Å². The van der Waals surface area contributed by atoms with Crippen LogP contribution < -0.4 is 15.4 Å². The van der Waals surface area contributed by atoms with Crippen molar-refractivity contribution in [1.29, 1.82) is 0 Å². The van der Waals surface area contributed by atoms with Gasteiger partial charge < -0.3 is 20.3 Å². The fraction of sp³-hybridized carbons (Fsp3) is 0.708. The summed E-state index contributed by atoms with van der Waals surface area (Å²) >= 11 is 0. The molecule has 0 amide bonds. The van der Waals surface area contributed by atoms with E-state index in [2.05, 4.69) is 45.6 Å². The first-order valence-corrected chi connectivity index (χ1v) is 11.9. The number of benzene rings is 1. The van der Waals surface area contributed by atoms with Gasteiger partial charge in [-0.1, -0.05) is 12.1 Å². The molecule has 2 heterocycles. The highest BCUT2D eigenvalue weighted by Crippen LogP contribution is 2.31. The van der Waals surface area contributed by atoms with Crippen LogP contribution in [0.4, 0.5) is 0 Å². The molecule has 1 aromatic carbocycles. The van der Waals surface area contributed by atoms with Gasteiger partial charge in [-0.2, -0.15) is 0 Å². The average Bonchev–Trinajstić information content (AvgIpc) is 3.27. The highest BCUT2D eigenvalue weighted by atomic mass is 127. The van der Waals surface area contributed by atoms with Crippen molar-refractivity contribution in [2.45, 2.75) is 51.1 Å². The minimum absolute atomic E-state index is 0. The number of aliphatic imine (C=N–C) groups is 1. The third-order valence-corrected chi connectivity index (χ3v) is 6.77. The van der Waals surface area contributed by atoms with Crippen LogP contribution in [-0.2, 0) is 0 Å². The SMILES string of the molecule is CCNC(=NCC(c1cccc(OC)c1)N1CCCC1)NCC1CCN(C2CC2)C1.I. The third-order valence-electron chi connectivity index (χ3n) is 6.77. The standard InChI is InChI=1S/C24H39N5O.HI/c1-3-25-24(26-16-19-11-14-29(18-19)21-9-10-21)27-17-23(28-12-4-5-13-28)20-7-6-8-22(15-20)30-2;/h6-8,15,19,21,23H,3-5,9-14,16-18H2,1-2H3,(H2,25,26,27);1H. The van der Waals surface area contributed by atoms with Crippen LogP contribution in [0.3, 0.4) is 0 Å². The second-order valence-corrected chi connectivity index (χ2v) is 9.02. The summed E-state index contributed by atoms with van der Waals surface area (Å²) in [4.78, 5) is 10.3. The maximum absolute atomic E-state index is 5.47. The molecule has 0 radical (unpaired) electrons. The maximum atomic E-state index is 5.47. The first kappa shape index (κ1) is 24.6. The number of methoxy groups -OCH3 is 1. The molecule has 0 aromatic heterocycles. The molecule has 3 aliphatic rings. The van der Waals surface area contributed by atoms with E-state index in [0.717, 1.165) is 56.4 Å². The van der Waals surface area contributed by atoms with Gasteiger partial charge in [0.1, 0.15) is 5.75 Å². The Labute approximate surface area is 205 Å². The van der Waals surface area contributed by atoms with Gasteiger partial charge in [0.15, 0.2) is 5.96 Å². The van der Waals surface area contributed by atoms with Gasteiger partial charge in [0.05, 0.1) is 19.7 Å². The largest absolute Gasteiger partial charge is 0.497 e. The molecule has 2 aliphatic heterocycles. The zero-order valence-corrected chi connectivity index (χ0v) is 21.5. The summed E-state index contributed by atoms with van der Waals surface area (Å²) in [5.41, 5.74) is 1.30. The molecule has 174 valence electrons. The fourth-order valence-corrected chi connectivity index (χ4v) is 4.89. The van der Waals surface area contributed by atoms with Crippen molar-refractivity contribution < 1.29 is 4.74 Å². The Hall–Kier alpha value is -1.06. The molecule has 0 spiro atoms. The molecular formula is C24H40IN5O. The summed E-state index contributed by atoms with van der Waals surface area (Å²) in [7, 11) is 1.74. The van der Waals surface area contributed by atoms with Crippen molar-refractivity contribution in [1.82, 2.24) is 20.4 Å². The quantitative estimate of drug-likeness (QED) is 0.285. The highest BCUT2D eigenvalue weighted by Gasteiger charge is 2.34. The zero-order chi connectivity index (χ0) is 20.8. The number of nitrogens with one attached hydrogen (secondary N) is 2. The van der Waals surface area contributed by atoms with E-state index in [-0.39, 0.29) is 24.0 Å². The first-order chi connectivity index (χ1) is 14.8. The van der Waals surface area contributed by atoms with Gasteiger partial charge in [-0.25, -0.2) is 0 Å². The number of hydrogen-bond acceptors (Lipinski definition) is 4. The van der Waals surface area contributed by atoms with Gasteiger partial charge in [-0.3, -0.25) is 9.89 Å². The Morgan fingerprint density at radius 2 is 1.97 bits per heavy atom. The van der Waals surface area contributed by atoms with Crippen LogP contribution in [0.5, 0.6) is 5.75 Å². The van der Waals surface area contributed by atoms with E-state index in [1.54, 1.807) is 7.11 Å². The lowest BCUT2D eigenvalue weighted by Gasteiger charge is -2.27. The summed E-state index contributed by atoms with van der Waals surface area (Å²) in [6, 6.07) is 9.69. The van der Waals surface area contributed by atoms with Crippen LogP contribution in [0.2, 0.25) is 0 Å². The van der Waals surface area contributed by atoms with Crippen molar-refractivity contribution in [2.24, 2.45) is 10.9 Å². The van der Waals surface area contributed by atoms with E-state index in [4.69, 9.17) is 9.73 Å². The molecule has 7 heteroatoms. The molecule has 1 saturated carbocycles. The predicted octanol–water partition coefficient (Wildman–Crippen LogP) is 3.49. The lowest BCUT2D eigenvalue weighted by atomic mass is 10.1. The van der Waals surface area contributed by atoms with Gasteiger partial charge in [0.2, 0.25) is 0 Å². The second-order valence-electron chi connectivity index (χ2n) is 9.02. The van der Waals surface area contributed by atoms with Crippen LogP contribution >= 0.6 is 24.0 Å². The lowest BCUT2D eigenvalue weighted by Crippen LogP contribution is -2.41. The molecule has 1 aliphatic carbocycles. The van der Waals surface area contributed by atoms with Gasteiger partial charge in [0, 0.05) is 25.7 Å². The van der Waals surface area contributed by atoms with Gasteiger partial charge >= 0.3 is 0 Å². The molecular weight excluding hydrogens is 501 g/mol. The molecule has 1 aromatic rings. The highest BCUT2D eigenvalue weighted by molar-refractivity contribution is 14.0. The molecule has 3 fully saturated rings. The Balaban J connectivity index is 0.00000272. The minimum Gasteiger partial charge on any atom is -0.497 e. The van der Waals surface area contributed by atoms with Crippen LogP contribution in [0.15, 0.2) is 29.3 Å². The lowest BCUT2D eigenvalue weighted by molar-refractivity contribution is 0.251. The third kappa shape index (κ3) is 6.96. The first-order valence-electron chi connectivity index (χ1n) is 11.9. The number of halogens is 1. The van der Waals surface area contributed by atoms with Gasteiger partial charge in [-0.15, -0.1) is 24.0 Å². The Morgan fingerprint density at radius 3 is 2.68 bits per heavy atom. The van der Waals surface area contributed by atoms with Crippen LogP contribution in [0, 0.1) is 5.92 Å². The second kappa shape index (κ2) is 12.3. The number of ether oxygens (including phenoxy) is 1. The number of likely N-dealkylation sites (tertiary alicyclic amines) is 2. The summed E-state index contributed by atoms with van der Waals surface area (Å²) in [6.07, 6.45) is 6.69. The van der Waals surface area contributed by atoms with Crippen molar-refractivity contribution in [3.63, 3.8) is 0 Å². The summed E-state index contributed by atoms with van der Waals surface area (Å²) in [6.45, 7) is 9.64. The molecule has 2 atom stereocenters.